The predicted octanol–water partition coefficient (Wildman–Crippen LogP) is 3.10. The van der Waals surface area contributed by atoms with E-state index in [1.165, 1.54) is 20.8 Å². The molecule has 0 aromatic carbocycles. The molecule has 0 aromatic heterocycles. The number of fused-ring (bicyclic) bond motifs is 1. The van der Waals surface area contributed by atoms with Crippen molar-refractivity contribution in [2.45, 2.75) is 90.6 Å². The van der Waals surface area contributed by atoms with Gasteiger partial charge in [0.1, 0.15) is 18.3 Å². The van der Waals surface area contributed by atoms with E-state index < -0.39 is 60.3 Å². The molecule has 0 saturated carbocycles. The Morgan fingerprint density at radius 2 is 1.74 bits per heavy atom. The van der Waals surface area contributed by atoms with Gasteiger partial charge in [0.2, 0.25) is 0 Å². The van der Waals surface area contributed by atoms with Crippen molar-refractivity contribution in [1.82, 2.24) is 0 Å². The van der Waals surface area contributed by atoms with E-state index in [0.29, 0.717) is 18.4 Å². The van der Waals surface area contributed by atoms with Crippen molar-refractivity contribution in [2.75, 3.05) is 6.61 Å². The molecular weight excluding hydrogens is 456 g/mol. The number of hydrogen-bond acceptors (Lipinski definition) is 9. The Bertz CT molecular complexity index is 916. The molecule has 1 N–H and O–H groups in total. The summed E-state index contributed by atoms with van der Waals surface area (Å²) < 4.78 is 21.8. The topological polar surface area (TPSA) is 125 Å². The maximum Gasteiger partial charge on any atom is 0.334 e. The molecule has 1 aliphatic carbocycles. The lowest BCUT2D eigenvalue weighted by atomic mass is 9.80. The molecule has 1 aliphatic heterocycles. The number of carbonyl (C=O) groups excluding carboxylic acids is 4. The fourth-order valence-corrected chi connectivity index (χ4v) is 4.45. The first kappa shape index (κ1) is 28.3. The standard InChI is InChI=1S/C26H36O9/c1-15-9-7-11-16(2)23(34-20(6)29)24-21(17(3)25(30)35-24)13-22(33-19(5)28)26(31,12-8-10-15)14-32-18(4)27/h10-11,21-24,31H,3,7-9,12-14H2,1-2,4-6H3/b15-10+,16-11+/t21-,22+,23-,24-,26+/m1/s1. The Balaban J connectivity index is 2.59. The second-order valence-electron chi connectivity index (χ2n) is 9.33. The second-order valence-corrected chi connectivity index (χ2v) is 9.33. The lowest BCUT2D eigenvalue weighted by Crippen LogP contribution is -2.51. The Kier molecular flexibility index (Phi) is 9.82. The lowest BCUT2D eigenvalue weighted by molar-refractivity contribution is -0.181. The van der Waals surface area contributed by atoms with E-state index in [1.807, 2.05) is 19.1 Å². The van der Waals surface area contributed by atoms with Crippen molar-refractivity contribution < 1.29 is 43.2 Å². The smallest absolute Gasteiger partial charge is 0.334 e. The zero-order valence-electron chi connectivity index (χ0n) is 21.1. The van der Waals surface area contributed by atoms with Gasteiger partial charge in [-0.25, -0.2) is 4.79 Å². The number of rotatable bonds is 4. The van der Waals surface area contributed by atoms with Crippen molar-refractivity contribution in [2.24, 2.45) is 5.92 Å². The van der Waals surface area contributed by atoms with Gasteiger partial charge in [0, 0.05) is 32.3 Å². The first-order chi connectivity index (χ1) is 16.3. The van der Waals surface area contributed by atoms with Crippen LogP contribution in [0.3, 0.4) is 0 Å². The highest BCUT2D eigenvalue weighted by atomic mass is 16.6. The molecule has 0 amide bonds. The van der Waals surface area contributed by atoms with Crippen LogP contribution in [0.25, 0.3) is 0 Å². The van der Waals surface area contributed by atoms with Crippen molar-refractivity contribution >= 4 is 23.9 Å². The SMILES string of the molecule is C=C1C(=O)O[C@@H]2[C@@H]1C[C@H](OC(C)=O)[C@@](O)(COC(C)=O)CC/C=C(\C)CC/C=C(\C)[C@H]2OC(C)=O. The molecule has 9 heteroatoms. The molecule has 0 spiro atoms. The Morgan fingerprint density at radius 3 is 2.34 bits per heavy atom. The third-order valence-corrected chi connectivity index (χ3v) is 6.37. The third-order valence-electron chi connectivity index (χ3n) is 6.37. The lowest BCUT2D eigenvalue weighted by Gasteiger charge is -2.37. The molecule has 0 bridgehead atoms. The third kappa shape index (κ3) is 7.78. The van der Waals surface area contributed by atoms with Gasteiger partial charge in [-0.2, -0.15) is 0 Å². The molecule has 0 radical (unpaired) electrons. The van der Waals surface area contributed by atoms with E-state index in [9.17, 15) is 24.3 Å². The number of carbonyl (C=O) groups is 4. The minimum Gasteiger partial charge on any atom is -0.463 e. The number of aliphatic hydroxyl groups is 1. The van der Waals surface area contributed by atoms with E-state index in [4.69, 9.17) is 18.9 Å². The minimum atomic E-state index is -1.74. The van der Waals surface area contributed by atoms with Crippen LogP contribution in [0, 0.1) is 5.92 Å². The largest absolute Gasteiger partial charge is 0.463 e. The maximum atomic E-state index is 12.5. The Morgan fingerprint density at radius 1 is 1.09 bits per heavy atom. The zero-order chi connectivity index (χ0) is 26.3. The monoisotopic (exact) mass is 492 g/mol. The normalized spacial score (nSPS) is 33.1. The molecule has 2 aliphatic rings. The van der Waals surface area contributed by atoms with Crippen LogP contribution in [-0.4, -0.2) is 59.5 Å². The van der Waals surface area contributed by atoms with Gasteiger partial charge >= 0.3 is 23.9 Å². The van der Waals surface area contributed by atoms with E-state index >= 15 is 0 Å². The summed E-state index contributed by atoms with van der Waals surface area (Å²) in [6.07, 6.45) is 2.89. The fraction of sp³-hybridized carbons (Fsp3) is 0.615. The highest BCUT2D eigenvalue weighted by molar-refractivity contribution is 5.91. The van der Waals surface area contributed by atoms with Crippen molar-refractivity contribution in [3.05, 3.63) is 35.5 Å². The second kappa shape index (κ2) is 12.2. The van der Waals surface area contributed by atoms with Crippen LogP contribution >= 0.6 is 0 Å². The van der Waals surface area contributed by atoms with Crippen molar-refractivity contribution in [3.63, 3.8) is 0 Å². The molecular formula is C26H36O9. The minimum absolute atomic E-state index is 0.0552. The summed E-state index contributed by atoms with van der Waals surface area (Å²) in [7, 11) is 0. The van der Waals surface area contributed by atoms with Crippen LogP contribution < -0.4 is 0 Å². The fourth-order valence-electron chi connectivity index (χ4n) is 4.45. The summed E-state index contributed by atoms with van der Waals surface area (Å²) in [5.41, 5.74) is 0.167. The van der Waals surface area contributed by atoms with E-state index in [1.54, 1.807) is 6.92 Å². The first-order valence-electron chi connectivity index (χ1n) is 11.8. The summed E-state index contributed by atoms with van der Waals surface area (Å²) >= 11 is 0. The van der Waals surface area contributed by atoms with Crippen LogP contribution in [-0.2, 0) is 38.1 Å². The van der Waals surface area contributed by atoms with Gasteiger partial charge in [0.25, 0.3) is 0 Å². The van der Waals surface area contributed by atoms with Gasteiger partial charge in [-0.15, -0.1) is 0 Å². The van der Waals surface area contributed by atoms with E-state index in [2.05, 4.69) is 6.58 Å². The summed E-state index contributed by atoms with van der Waals surface area (Å²) in [6, 6.07) is 0. The Labute approximate surface area is 206 Å². The molecule has 0 unspecified atom stereocenters. The summed E-state index contributed by atoms with van der Waals surface area (Å²) in [6.45, 7) is 10.9. The average Bonchev–Trinajstić information content (AvgIpc) is 3.02. The van der Waals surface area contributed by atoms with Crippen LogP contribution in [0.5, 0.6) is 0 Å². The summed E-state index contributed by atoms with van der Waals surface area (Å²) in [4.78, 5) is 48.0. The zero-order valence-corrected chi connectivity index (χ0v) is 21.1. The number of ether oxygens (including phenoxy) is 4. The summed E-state index contributed by atoms with van der Waals surface area (Å²) in [5, 5.41) is 11.6. The van der Waals surface area contributed by atoms with Crippen molar-refractivity contribution in [3.8, 4) is 0 Å². The number of esters is 4. The molecule has 2 rings (SSSR count). The van der Waals surface area contributed by atoms with Gasteiger partial charge < -0.3 is 24.1 Å². The molecule has 1 saturated heterocycles. The average molecular weight is 493 g/mol. The van der Waals surface area contributed by atoms with Gasteiger partial charge in [-0.05, 0) is 51.5 Å². The highest BCUT2D eigenvalue weighted by Gasteiger charge is 2.50. The molecule has 1 heterocycles. The molecule has 0 aromatic rings. The number of hydrogen-bond donors (Lipinski definition) is 1. The molecule has 9 nitrogen and oxygen atoms in total. The van der Waals surface area contributed by atoms with Crippen LogP contribution in [0.15, 0.2) is 35.5 Å². The Hall–Kier alpha value is -2.94. The molecule has 194 valence electrons. The first-order valence-corrected chi connectivity index (χ1v) is 11.8. The quantitative estimate of drug-likeness (QED) is 0.273. The predicted molar refractivity (Wildman–Crippen MR) is 126 cm³/mol. The number of allylic oxidation sites excluding steroid dienone is 3. The van der Waals surface area contributed by atoms with Gasteiger partial charge in [0.05, 0.1) is 0 Å². The van der Waals surface area contributed by atoms with Crippen LogP contribution in [0.2, 0.25) is 0 Å². The van der Waals surface area contributed by atoms with Gasteiger partial charge in [-0.1, -0.05) is 24.3 Å². The summed E-state index contributed by atoms with van der Waals surface area (Å²) in [5.74, 6) is -3.18. The molecule has 35 heavy (non-hydrogen) atoms. The van der Waals surface area contributed by atoms with Crippen LogP contribution in [0.4, 0.5) is 0 Å². The molecule has 5 atom stereocenters. The van der Waals surface area contributed by atoms with E-state index in [0.717, 1.165) is 12.0 Å². The highest BCUT2D eigenvalue weighted by Crippen LogP contribution is 2.39. The van der Waals surface area contributed by atoms with Gasteiger partial charge in [-0.3, -0.25) is 14.4 Å². The maximum absolute atomic E-state index is 12.5. The van der Waals surface area contributed by atoms with Crippen LogP contribution in [0.1, 0.15) is 66.7 Å². The van der Waals surface area contributed by atoms with Crippen molar-refractivity contribution in [1.29, 1.82) is 0 Å². The van der Waals surface area contributed by atoms with E-state index in [-0.39, 0.29) is 18.4 Å². The molecule has 1 fully saturated rings. The van der Waals surface area contributed by atoms with Gasteiger partial charge in [0.15, 0.2) is 12.2 Å².